The molecule has 9 aromatic rings. The molecule has 0 aliphatic carbocycles. The van der Waals surface area contributed by atoms with E-state index in [1.165, 1.54) is 66.2 Å². The predicted octanol–water partition coefficient (Wildman–Crippen LogP) is 9.59. The fourth-order valence-electron chi connectivity index (χ4n) is 8.37. The largest absolute Gasteiger partial charge is 0.456 e. The predicted molar refractivity (Wildman–Crippen MR) is 193 cm³/mol. The van der Waals surface area contributed by atoms with Crippen molar-refractivity contribution in [3.8, 4) is 27.9 Å². The maximum Gasteiger partial charge on any atom is 0.330 e. The lowest BCUT2D eigenvalue weighted by Gasteiger charge is -2.43. The summed E-state index contributed by atoms with van der Waals surface area (Å²) in [6.45, 7) is 0.00172. The van der Waals surface area contributed by atoms with Crippen LogP contribution in [-0.4, -0.2) is 11.4 Å². The highest BCUT2D eigenvalue weighted by atomic mass is 16.3. The number of aromatic nitrogens is 1. The Bertz CT molecular complexity index is 2720. The fraction of sp³-hybridized carbons (Fsp3) is 0. The molecule has 0 atom stereocenters. The van der Waals surface area contributed by atoms with Gasteiger partial charge in [-0.15, -0.1) is 0 Å². The molecule has 4 heteroatoms. The average molecular weight is 584 g/mol. The summed E-state index contributed by atoms with van der Waals surface area (Å²) in [6, 6.07) is 55.1. The van der Waals surface area contributed by atoms with Crippen LogP contribution in [0.1, 0.15) is 0 Å². The van der Waals surface area contributed by atoms with Crippen molar-refractivity contribution in [2.24, 2.45) is 0 Å². The number of furan rings is 1. The van der Waals surface area contributed by atoms with Crippen LogP contribution in [0.4, 0.5) is 11.4 Å². The molecule has 3 nitrogen and oxygen atoms in total. The summed E-state index contributed by atoms with van der Waals surface area (Å²) in [5.74, 6) is 0. The number of nitrogens with zero attached hydrogens (tertiary/aromatic N) is 2. The van der Waals surface area contributed by atoms with Crippen LogP contribution < -0.4 is 15.7 Å². The zero-order chi connectivity index (χ0) is 29.9. The van der Waals surface area contributed by atoms with Gasteiger partial charge in [0.2, 0.25) is 0 Å². The van der Waals surface area contributed by atoms with Gasteiger partial charge in [0.25, 0.3) is 0 Å². The molecule has 0 radical (unpaired) electrons. The van der Waals surface area contributed by atoms with Crippen molar-refractivity contribution in [1.29, 1.82) is 0 Å². The Labute approximate surface area is 265 Å². The quantitative estimate of drug-likeness (QED) is 0.179. The monoisotopic (exact) mass is 584 g/mol. The van der Waals surface area contributed by atoms with Crippen molar-refractivity contribution >= 4 is 72.9 Å². The molecule has 0 spiro atoms. The van der Waals surface area contributed by atoms with Gasteiger partial charge in [-0.05, 0) is 64.5 Å². The molecule has 7 aromatic carbocycles. The molecule has 2 aliphatic heterocycles. The zero-order valence-electron chi connectivity index (χ0n) is 24.8. The molecule has 46 heavy (non-hydrogen) atoms. The van der Waals surface area contributed by atoms with E-state index < -0.39 is 0 Å². The lowest BCUT2D eigenvalue weighted by Crippen LogP contribution is -2.59. The maximum atomic E-state index is 6.81. The van der Waals surface area contributed by atoms with Crippen molar-refractivity contribution in [2.45, 2.75) is 0 Å². The van der Waals surface area contributed by atoms with Crippen LogP contribution >= 0.6 is 0 Å². The minimum atomic E-state index is 0.00172. The molecule has 4 heterocycles. The normalized spacial score (nSPS) is 13.1. The van der Waals surface area contributed by atoms with E-state index >= 15 is 0 Å². The molecule has 212 valence electrons. The van der Waals surface area contributed by atoms with Crippen molar-refractivity contribution in [1.82, 2.24) is 4.57 Å². The van der Waals surface area contributed by atoms with E-state index in [1.54, 1.807) is 0 Å². The molecule has 11 rings (SSSR count). The summed E-state index contributed by atoms with van der Waals surface area (Å²) in [6.07, 6.45) is 0. The molecular weight excluding hydrogens is 559 g/mol. The third kappa shape index (κ3) is 3.03. The Kier molecular flexibility index (Phi) is 4.66. The summed E-state index contributed by atoms with van der Waals surface area (Å²) < 4.78 is 9.17. The van der Waals surface area contributed by atoms with Gasteiger partial charge >= 0.3 is 6.85 Å². The van der Waals surface area contributed by atoms with Crippen molar-refractivity contribution in [3.05, 3.63) is 152 Å². The topological polar surface area (TPSA) is 21.3 Å². The standard InChI is InChI=1S/C42H25BN2O/c1-2-12-26(13-3-1)44-35-19-9-5-17-30(35)32-24-33-40(25-38(32)44)46-39-23-22-31-29-16-7-11-21-37(29)45-36-20-10-6-15-28(36)27-14-4-8-18-34(27)43(45)42(31)41(33)39/h1-25H. The van der Waals surface area contributed by atoms with Gasteiger partial charge in [0.15, 0.2) is 0 Å². The van der Waals surface area contributed by atoms with Crippen LogP contribution in [0.3, 0.4) is 0 Å². The number of hydrogen-bond acceptors (Lipinski definition) is 2. The minimum absolute atomic E-state index is 0.00172. The van der Waals surface area contributed by atoms with E-state index in [0.717, 1.165) is 27.8 Å². The van der Waals surface area contributed by atoms with Crippen LogP contribution in [0.5, 0.6) is 0 Å². The first-order valence-corrected chi connectivity index (χ1v) is 15.9. The number of fused-ring (bicyclic) bond motifs is 18. The van der Waals surface area contributed by atoms with E-state index in [-0.39, 0.29) is 6.85 Å². The van der Waals surface area contributed by atoms with Gasteiger partial charge in [-0.1, -0.05) is 103 Å². The molecule has 0 bridgehead atoms. The van der Waals surface area contributed by atoms with E-state index in [1.807, 2.05) is 0 Å². The van der Waals surface area contributed by atoms with E-state index in [0.29, 0.717) is 0 Å². The highest BCUT2D eigenvalue weighted by Gasteiger charge is 2.43. The van der Waals surface area contributed by atoms with E-state index in [4.69, 9.17) is 4.42 Å². The summed E-state index contributed by atoms with van der Waals surface area (Å²) in [5.41, 5.74) is 15.5. The summed E-state index contributed by atoms with van der Waals surface area (Å²) >= 11 is 0. The molecule has 2 aromatic heterocycles. The Hall–Kier alpha value is -6.00. The third-order valence-electron chi connectivity index (χ3n) is 10.2. The fourth-order valence-corrected chi connectivity index (χ4v) is 8.37. The van der Waals surface area contributed by atoms with Crippen molar-refractivity contribution < 1.29 is 4.42 Å². The van der Waals surface area contributed by atoms with Gasteiger partial charge in [0.05, 0.1) is 11.0 Å². The van der Waals surface area contributed by atoms with Crippen molar-refractivity contribution in [3.63, 3.8) is 0 Å². The molecule has 0 saturated heterocycles. The van der Waals surface area contributed by atoms with Crippen LogP contribution in [0.25, 0.3) is 71.7 Å². The molecule has 0 fully saturated rings. The second kappa shape index (κ2) is 8.80. The number of anilines is 2. The van der Waals surface area contributed by atoms with Crippen LogP contribution in [0.2, 0.25) is 0 Å². The number of rotatable bonds is 1. The Morgan fingerprint density at radius 2 is 1.13 bits per heavy atom. The second-order valence-corrected chi connectivity index (χ2v) is 12.4. The Balaban J connectivity index is 1.29. The summed E-state index contributed by atoms with van der Waals surface area (Å²) in [5, 5.41) is 4.83. The molecule has 0 amide bonds. The summed E-state index contributed by atoms with van der Waals surface area (Å²) in [7, 11) is 0. The Morgan fingerprint density at radius 3 is 1.96 bits per heavy atom. The highest BCUT2D eigenvalue weighted by Crippen LogP contribution is 2.47. The van der Waals surface area contributed by atoms with Gasteiger partial charge < -0.3 is 13.8 Å². The second-order valence-electron chi connectivity index (χ2n) is 12.4. The highest BCUT2D eigenvalue weighted by molar-refractivity contribution is 6.94. The lowest BCUT2D eigenvalue weighted by molar-refractivity contribution is 0.669. The van der Waals surface area contributed by atoms with E-state index in [9.17, 15) is 0 Å². The molecule has 0 saturated carbocycles. The van der Waals surface area contributed by atoms with Crippen LogP contribution in [-0.2, 0) is 0 Å². The first-order valence-electron chi connectivity index (χ1n) is 15.9. The maximum absolute atomic E-state index is 6.81. The van der Waals surface area contributed by atoms with Gasteiger partial charge in [0.1, 0.15) is 11.2 Å². The molecule has 0 N–H and O–H groups in total. The lowest BCUT2D eigenvalue weighted by atomic mass is 9.42. The number of para-hydroxylation sites is 4. The SMILES string of the molecule is c1ccc(-n2c3ccccc3c3cc4c(cc32)oc2ccc3c(c24)B2c4ccccc4-c4ccccc4N2c2ccccc2-3)cc1. The average Bonchev–Trinajstić information content (AvgIpc) is 3.65. The van der Waals surface area contributed by atoms with Crippen molar-refractivity contribution in [2.75, 3.05) is 4.81 Å². The van der Waals surface area contributed by atoms with Gasteiger partial charge in [-0.2, -0.15) is 0 Å². The van der Waals surface area contributed by atoms with Gasteiger partial charge in [0, 0.05) is 55.8 Å². The first-order chi connectivity index (χ1) is 22.8. The summed E-state index contributed by atoms with van der Waals surface area (Å²) in [4.78, 5) is 2.56. The number of benzene rings is 7. The molecule has 0 unspecified atom stereocenters. The van der Waals surface area contributed by atoms with Gasteiger partial charge in [-0.3, -0.25) is 0 Å². The first kappa shape index (κ1) is 24.3. The third-order valence-corrected chi connectivity index (χ3v) is 10.2. The van der Waals surface area contributed by atoms with Crippen LogP contribution in [0.15, 0.2) is 156 Å². The van der Waals surface area contributed by atoms with Gasteiger partial charge in [-0.25, -0.2) is 0 Å². The minimum Gasteiger partial charge on any atom is -0.456 e. The molecular formula is C42H25BN2O. The Morgan fingerprint density at radius 1 is 0.457 bits per heavy atom. The van der Waals surface area contributed by atoms with E-state index in [2.05, 4.69) is 161 Å². The molecule has 2 aliphatic rings. The van der Waals surface area contributed by atoms with Crippen LogP contribution in [0, 0.1) is 0 Å². The number of hydrogen-bond donors (Lipinski definition) is 0. The smallest absolute Gasteiger partial charge is 0.330 e. The zero-order valence-corrected chi connectivity index (χ0v) is 24.8.